The van der Waals surface area contributed by atoms with Crippen LogP contribution in [-0.2, 0) is 17.9 Å². The van der Waals surface area contributed by atoms with E-state index in [9.17, 15) is 20.0 Å². The van der Waals surface area contributed by atoms with Crippen LogP contribution < -0.4 is 16.2 Å². The summed E-state index contributed by atoms with van der Waals surface area (Å²) in [5.74, 6) is -0.119. The van der Waals surface area contributed by atoms with Gasteiger partial charge in [-0.05, 0) is 43.9 Å². The molecule has 0 aliphatic carbocycles. The monoisotopic (exact) mass is 513 g/mol. The quantitative estimate of drug-likeness (QED) is 0.269. The second kappa shape index (κ2) is 11.5. The number of nitrogens with one attached hydrogen (secondary N) is 2. The van der Waals surface area contributed by atoms with Crippen molar-refractivity contribution < 1.29 is 9.90 Å². The van der Waals surface area contributed by atoms with Crippen LogP contribution >= 0.6 is 0 Å². The lowest BCUT2D eigenvalue weighted by Crippen LogP contribution is -2.29. The lowest BCUT2D eigenvalue weighted by molar-refractivity contribution is -0.111. The van der Waals surface area contributed by atoms with E-state index in [1.165, 1.54) is 22.9 Å². The third-order valence-corrected chi connectivity index (χ3v) is 5.53. The van der Waals surface area contributed by atoms with Gasteiger partial charge in [0, 0.05) is 30.0 Å². The van der Waals surface area contributed by atoms with E-state index in [0.717, 1.165) is 5.56 Å². The minimum Gasteiger partial charge on any atom is -0.390 e. The Morgan fingerprint density at radius 3 is 2.84 bits per heavy atom. The van der Waals surface area contributed by atoms with Gasteiger partial charge in [0.1, 0.15) is 17.3 Å². The molecule has 4 rings (SSSR count). The molecular formula is C26H27N9O3. The topological polar surface area (TPSA) is 154 Å². The summed E-state index contributed by atoms with van der Waals surface area (Å²) in [7, 11) is 3.76. The number of amides is 1. The van der Waals surface area contributed by atoms with Gasteiger partial charge < -0.3 is 20.6 Å². The molecule has 0 aliphatic rings. The SMILES string of the molecule is C=CC(=O)Nc1cccc(Cn2c(=O)c(C#N)cc3cnc(Nc4cnn(CC(O)CN(C)C)c4)nc32)c1. The zero-order chi connectivity index (χ0) is 27.2. The van der Waals surface area contributed by atoms with Crippen LogP contribution in [0.4, 0.5) is 17.3 Å². The van der Waals surface area contributed by atoms with Gasteiger partial charge in [0.2, 0.25) is 11.9 Å². The molecule has 0 saturated heterocycles. The number of benzene rings is 1. The first-order chi connectivity index (χ1) is 18.2. The van der Waals surface area contributed by atoms with Gasteiger partial charge in [0.25, 0.3) is 5.56 Å². The zero-order valence-electron chi connectivity index (χ0n) is 21.0. The standard InChI is InChI=1S/C26H27N9O3/c1-4-23(37)30-20-7-5-6-17(8-20)13-35-24-19(9-18(10-27)25(35)38)11-28-26(32-24)31-21-12-29-34(14-21)16-22(36)15-33(2)3/h4-9,11-12,14,22,36H,1,13,15-16H2,2-3H3,(H,30,37)(H,28,31,32). The number of aromatic nitrogens is 5. The van der Waals surface area contributed by atoms with E-state index in [1.807, 2.05) is 25.1 Å². The van der Waals surface area contributed by atoms with Crippen LogP contribution in [0.5, 0.6) is 0 Å². The first-order valence-corrected chi connectivity index (χ1v) is 11.7. The molecule has 0 spiro atoms. The molecule has 0 fully saturated rings. The average Bonchev–Trinajstić information content (AvgIpc) is 3.31. The number of nitrogens with zero attached hydrogens (tertiary/aromatic N) is 7. The van der Waals surface area contributed by atoms with Crippen LogP contribution in [0.3, 0.4) is 0 Å². The number of rotatable bonds is 10. The number of nitriles is 1. The molecule has 1 aromatic carbocycles. The summed E-state index contributed by atoms with van der Waals surface area (Å²) >= 11 is 0. The highest BCUT2D eigenvalue weighted by atomic mass is 16.3. The summed E-state index contributed by atoms with van der Waals surface area (Å²) in [6, 6.07) is 10.4. The Labute approximate surface area is 218 Å². The number of carbonyl (C=O) groups excluding carboxylic acids is 1. The Hall–Kier alpha value is -4.86. The van der Waals surface area contributed by atoms with Gasteiger partial charge in [0.05, 0.1) is 31.1 Å². The summed E-state index contributed by atoms with van der Waals surface area (Å²) in [5.41, 5.74) is 1.68. The number of pyridine rings is 1. The van der Waals surface area contributed by atoms with Gasteiger partial charge in [-0.3, -0.25) is 18.8 Å². The minimum atomic E-state index is -0.581. The molecule has 0 aliphatic heterocycles. The second-order valence-electron chi connectivity index (χ2n) is 8.92. The van der Waals surface area contributed by atoms with Crippen molar-refractivity contribution in [3.8, 4) is 6.07 Å². The number of carbonyl (C=O) groups is 1. The van der Waals surface area contributed by atoms with Gasteiger partial charge >= 0.3 is 0 Å². The molecule has 3 N–H and O–H groups in total. The molecule has 38 heavy (non-hydrogen) atoms. The van der Waals surface area contributed by atoms with E-state index in [1.54, 1.807) is 41.3 Å². The smallest absolute Gasteiger partial charge is 0.270 e. The number of aliphatic hydroxyl groups excluding tert-OH is 1. The van der Waals surface area contributed by atoms with Crippen LogP contribution in [0.25, 0.3) is 11.0 Å². The first kappa shape index (κ1) is 26.2. The zero-order valence-corrected chi connectivity index (χ0v) is 21.0. The number of fused-ring (bicyclic) bond motifs is 1. The van der Waals surface area contributed by atoms with Crippen molar-refractivity contribution in [3.63, 3.8) is 0 Å². The maximum atomic E-state index is 13.1. The Kier molecular flexibility index (Phi) is 7.91. The highest BCUT2D eigenvalue weighted by molar-refractivity contribution is 5.98. The van der Waals surface area contributed by atoms with Crippen LogP contribution in [-0.4, -0.2) is 67.0 Å². The Morgan fingerprint density at radius 2 is 2.11 bits per heavy atom. The highest BCUT2D eigenvalue weighted by Gasteiger charge is 2.14. The molecule has 0 saturated carbocycles. The number of likely N-dealkylation sites (N-methyl/N-ethyl adjacent to an activating group) is 1. The van der Waals surface area contributed by atoms with Crippen molar-refractivity contribution in [2.45, 2.75) is 19.2 Å². The average molecular weight is 514 g/mol. The van der Waals surface area contributed by atoms with Gasteiger partial charge in [-0.1, -0.05) is 18.7 Å². The van der Waals surface area contributed by atoms with Crippen LogP contribution in [0, 0.1) is 11.3 Å². The molecule has 4 aromatic rings. The molecule has 1 amide bonds. The van der Waals surface area contributed by atoms with E-state index in [0.29, 0.717) is 35.5 Å². The summed E-state index contributed by atoms with van der Waals surface area (Å²) in [5, 5.41) is 30.2. The van der Waals surface area contributed by atoms with Gasteiger partial charge in [-0.25, -0.2) is 4.98 Å². The van der Waals surface area contributed by atoms with Crippen molar-refractivity contribution in [1.29, 1.82) is 5.26 Å². The minimum absolute atomic E-state index is 0.0320. The second-order valence-corrected chi connectivity index (χ2v) is 8.92. The lowest BCUT2D eigenvalue weighted by atomic mass is 10.1. The van der Waals surface area contributed by atoms with Crippen molar-refractivity contribution in [2.24, 2.45) is 0 Å². The maximum Gasteiger partial charge on any atom is 0.270 e. The fourth-order valence-electron chi connectivity index (χ4n) is 3.92. The van der Waals surface area contributed by atoms with Crippen LogP contribution in [0.1, 0.15) is 11.1 Å². The molecule has 3 aromatic heterocycles. The molecular weight excluding hydrogens is 486 g/mol. The van der Waals surface area contributed by atoms with E-state index in [2.05, 4.69) is 32.3 Å². The van der Waals surface area contributed by atoms with Crippen LogP contribution in [0.2, 0.25) is 0 Å². The van der Waals surface area contributed by atoms with E-state index in [4.69, 9.17) is 0 Å². The summed E-state index contributed by atoms with van der Waals surface area (Å²) < 4.78 is 3.01. The predicted molar refractivity (Wildman–Crippen MR) is 143 cm³/mol. The normalized spacial score (nSPS) is 11.8. The number of anilines is 3. The van der Waals surface area contributed by atoms with Crippen molar-refractivity contribution in [2.75, 3.05) is 31.3 Å². The third kappa shape index (κ3) is 6.28. The van der Waals surface area contributed by atoms with Crippen molar-refractivity contribution in [3.05, 3.63) is 83.1 Å². The maximum absolute atomic E-state index is 13.1. The largest absolute Gasteiger partial charge is 0.390 e. The highest BCUT2D eigenvalue weighted by Crippen LogP contribution is 2.18. The third-order valence-electron chi connectivity index (χ3n) is 5.53. The van der Waals surface area contributed by atoms with E-state index < -0.39 is 11.7 Å². The molecule has 1 atom stereocenters. The fraction of sp³-hybridized carbons (Fsp3) is 0.231. The van der Waals surface area contributed by atoms with Gasteiger partial charge in [-0.2, -0.15) is 15.3 Å². The molecule has 0 radical (unpaired) electrons. The molecule has 194 valence electrons. The van der Waals surface area contributed by atoms with Crippen molar-refractivity contribution >= 4 is 34.3 Å². The van der Waals surface area contributed by atoms with E-state index >= 15 is 0 Å². The number of hydrogen-bond donors (Lipinski definition) is 3. The van der Waals surface area contributed by atoms with Crippen molar-refractivity contribution in [1.82, 2.24) is 29.2 Å². The lowest BCUT2D eigenvalue weighted by Gasteiger charge is -2.15. The Morgan fingerprint density at radius 1 is 1.29 bits per heavy atom. The summed E-state index contributed by atoms with van der Waals surface area (Å²) in [4.78, 5) is 35.6. The number of aliphatic hydroxyl groups is 1. The molecule has 0 bridgehead atoms. The Balaban J connectivity index is 1.64. The van der Waals surface area contributed by atoms with Crippen LogP contribution in [0.15, 0.2) is 66.4 Å². The molecule has 12 heteroatoms. The van der Waals surface area contributed by atoms with Gasteiger partial charge in [0.15, 0.2) is 0 Å². The molecule has 3 heterocycles. The van der Waals surface area contributed by atoms with Gasteiger partial charge in [-0.15, -0.1) is 0 Å². The van der Waals surface area contributed by atoms with E-state index in [-0.39, 0.29) is 24.0 Å². The summed E-state index contributed by atoms with van der Waals surface area (Å²) in [6.45, 7) is 4.38. The molecule has 1 unspecified atom stereocenters. The Bertz CT molecular complexity index is 1580. The fourth-order valence-corrected chi connectivity index (χ4v) is 3.92. The predicted octanol–water partition coefficient (Wildman–Crippen LogP) is 1.70. The summed E-state index contributed by atoms with van der Waals surface area (Å²) in [6.07, 6.45) is 5.43. The first-order valence-electron chi connectivity index (χ1n) is 11.7. The molecule has 12 nitrogen and oxygen atoms in total. The number of hydrogen-bond acceptors (Lipinski definition) is 9.